The second kappa shape index (κ2) is 10.7. The summed E-state index contributed by atoms with van der Waals surface area (Å²) in [5.41, 5.74) is -1.07. The third-order valence-electron chi connectivity index (χ3n) is 2.92. The van der Waals surface area contributed by atoms with E-state index in [0.29, 0.717) is 38.8 Å². The van der Waals surface area contributed by atoms with Crippen LogP contribution in [0, 0.1) is 0 Å². The summed E-state index contributed by atoms with van der Waals surface area (Å²) in [6, 6.07) is 0. The largest absolute Gasteiger partial charge is 0.394 e. The Labute approximate surface area is 120 Å². The van der Waals surface area contributed by atoms with Gasteiger partial charge in [0.05, 0.1) is 44.7 Å². The number of nitrogens with one attached hydrogen (secondary N) is 1. The van der Waals surface area contributed by atoms with Gasteiger partial charge in [-0.25, -0.2) is 0 Å². The predicted molar refractivity (Wildman–Crippen MR) is 77.0 cm³/mol. The number of hydrogen-bond donors (Lipinski definition) is 4. The van der Waals surface area contributed by atoms with Gasteiger partial charge in [0.15, 0.2) is 0 Å². The number of aliphatic hydroxyl groups excluding tert-OH is 3. The second-order valence-electron chi connectivity index (χ2n) is 4.56. The van der Waals surface area contributed by atoms with E-state index in [1.807, 2.05) is 0 Å². The van der Waals surface area contributed by atoms with Crippen LogP contribution in [0.5, 0.6) is 0 Å². The molecule has 0 saturated heterocycles. The van der Waals surface area contributed by atoms with Gasteiger partial charge < -0.3 is 29.7 Å². The van der Waals surface area contributed by atoms with Gasteiger partial charge in [-0.3, -0.25) is 4.57 Å². The van der Waals surface area contributed by atoms with Crippen LogP contribution in [0.3, 0.4) is 0 Å². The summed E-state index contributed by atoms with van der Waals surface area (Å²) in [6.45, 7) is 3.66. The van der Waals surface area contributed by atoms with Crippen molar-refractivity contribution >= 4 is 7.60 Å². The van der Waals surface area contributed by atoms with Crippen LogP contribution in [0.1, 0.15) is 26.7 Å². The van der Waals surface area contributed by atoms with Crippen molar-refractivity contribution in [1.82, 2.24) is 5.32 Å². The zero-order valence-electron chi connectivity index (χ0n) is 12.4. The van der Waals surface area contributed by atoms with Gasteiger partial charge in [-0.1, -0.05) is 0 Å². The standard InChI is InChI=1S/C12H28NO6P/c1-3-18-20(17,19-4-2)8-6-5-7-13-12(9-14,10-15)11-16/h13-16H,3-11H2,1-2H3. The normalized spacial score (nSPS) is 12.8. The first-order valence-electron chi connectivity index (χ1n) is 6.97. The molecule has 0 aromatic heterocycles. The summed E-state index contributed by atoms with van der Waals surface area (Å²) in [4.78, 5) is 0. The van der Waals surface area contributed by atoms with Crippen molar-refractivity contribution in [3.05, 3.63) is 0 Å². The van der Waals surface area contributed by atoms with E-state index in [4.69, 9.17) is 24.4 Å². The lowest BCUT2D eigenvalue weighted by atomic mass is 10.0. The molecule has 4 N–H and O–H groups in total. The van der Waals surface area contributed by atoms with Crippen LogP contribution in [0.2, 0.25) is 0 Å². The van der Waals surface area contributed by atoms with Crippen LogP contribution >= 0.6 is 7.60 Å². The molecule has 0 amide bonds. The van der Waals surface area contributed by atoms with Crippen molar-refractivity contribution in [2.75, 3.05) is 45.7 Å². The fourth-order valence-electron chi connectivity index (χ4n) is 1.66. The van der Waals surface area contributed by atoms with E-state index in [0.717, 1.165) is 0 Å². The van der Waals surface area contributed by atoms with Crippen LogP contribution in [-0.4, -0.2) is 66.6 Å². The van der Waals surface area contributed by atoms with Crippen LogP contribution in [0.4, 0.5) is 0 Å². The molecule has 0 radical (unpaired) electrons. The van der Waals surface area contributed by atoms with Gasteiger partial charge in [0.2, 0.25) is 0 Å². The molecule has 0 heterocycles. The van der Waals surface area contributed by atoms with Gasteiger partial charge in [0.25, 0.3) is 0 Å². The molecule has 0 aliphatic heterocycles. The molecule has 0 aromatic carbocycles. The van der Waals surface area contributed by atoms with E-state index in [2.05, 4.69) is 5.32 Å². The summed E-state index contributed by atoms with van der Waals surface area (Å²) in [6.07, 6.45) is 1.63. The first kappa shape index (κ1) is 20.0. The van der Waals surface area contributed by atoms with Crippen LogP contribution < -0.4 is 5.32 Å². The molecule has 0 spiro atoms. The van der Waals surface area contributed by atoms with Crippen molar-refractivity contribution in [2.24, 2.45) is 0 Å². The molecule has 0 unspecified atom stereocenters. The van der Waals surface area contributed by atoms with Crippen molar-refractivity contribution in [3.63, 3.8) is 0 Å². The SMILES string of the molecule is CCOP(=O)(CCCCNC(CO)(CO)CO)OCC. The highest BCUT2D eigenvalue weighted by Crippen LogP contribution is 2.48. The highest BCUT2D eigenvalue weighted by atomic mass is 31.2. The topological polar surface area (TPSA) is 108 Å². The van der Waals surface area contributed by atoms with E-state index in [1.54, 1.807) is 13.8 Å². The predicted octanol–water partition coefficient (Wildman–Crippen LogP) is 0.338. The number of hydrogen-bond acceptors (Lipinski definition) is 7. The maximum absolute atomic E-state index is 12.2. The zero-order valence-corrected chi connectivity index (χ0v) is 13.3. The molecule has 0 fully saturated rings. The van der Waals surface area contributed by atoms with E-state index >= 15 is 0 Å². The summed E-state index contributed by atoms with van der Waals surface area (Å²) < 4.78 is 22.5. The Morgan fingerprint density at radius 3 is 1.90 bits per heavy atom. The lowest BCUT2D eigenvalue weighted by Crippen LogP contribution is -2.55. The molecule has 0 atom stereocenters. The molecular formula is C12H28NO6P. The highest BCUT2D eigenvalue weighted by molar-refractivity contribution is 7.53. The monoisotopic (exact) mass is 313 g/mol. The zero-order chi connectivity index (χ0) is 15.5. The van der Waals surface area contributed by atoms with E-state index < -0.39 is 13.1 Å². The molecule has 20 heavy (non-hydrogen) atoms. The van der Waals surface area contributed by atoms with Crippen molar-refractivity contribution in [3.8, 4) is 0 Å². The minimum Gasteiger partial charge on any atom is -0.394 e. The molecule has 0 rings (SSSR count). The molecule has 8 heteroatoms. The molecule has 0 aromatic rings. The number of aliphatic hydroxyl groups is 3. The Hall–Kier alpha value is -0.0100. The van der Waals surface area contributed by atoms with E-state index in [9.17, 15) is 4.57 Å². The smallest absolute Gasteiger partial charge is 0.330 e. The second-order valence-corrected chi connectivity index (χ2v) is 6.74. The molecule has 0 saturated carbocycles. The molecule has 0 bridgehead atoms. The minimum absolute atomic E-state index is 0.334. The molecule has 0 aliphatic carbocycles. The third kappa shape index (κ3) is 7.13. The van der Waals surface area contributed by atoms with Gasteiger partial charge >= 0.3 is 7.60 Å². The first-order chi connectivity index (χ1) is 9.51. The third-order valence-corrected chi connectivity index (χ3v) is 5.09. The van der Waals surface area contributed by atoms with Crippen molar-refractivity contribution in [2.45, 2.75) is 32.2 Å². The fourth-order valence-corrected chi connectivity index (χ4v) is 3.39. The quantitative estimate of drug-likeness (QED) is 0.287. The van der Waals surface area contributed by atoms with Gasteiger partial charge in [-0.15, -0.1) is 0 Å². The lowest BCUT2D eigenvalue weighted by molar-refractivity contribution is 0.0426. The van der Waals surface area contributed by atoms with Crippen LogP contribution in [-0.2, 0) is 13.6 Å². The van der Waals surface area contributed by atoms with Crippen molar-refractivity contribution in [1.29, 1.82) is 0 Å². The maximum atomic E-state index is 12.2. The summed E-state index contributed by atoms with van der Waals surface area (Å²) in [5, 5.41) is 30.3. The number of rotatable bonds is 13. The van der Waals surface area contributed by atoms with E-state index in [-0.39, 0.29) is 19.8 Å². The Morgan fingerprint density at radius 2 is 1.50 bits per heavy atom. The van der Waals surface area contributed by atoms with E-state index in [1.165, 1.54) is 0 Å². The Balaban J connectivity index is 4.03. The Morgan fingerprint density at radius 1 is 1.00 bits per heavy atom. The summed E-state index contributed by atoms with van der Waals surface area (Å²) >= 11 is 0. The van der Waals surface area contributed by atoms with Crippen LogP contribution in [0.25, 0.3) is 0 Å². The van der Waals surface area contributed by atoms with Gasteiger partial charge in [-0.05, 0) is 33.2 Å². The highest BCUT2D eigenvalue weighted by Gasteiger charge is 2.27. The average Bonchev–Trinajstić information content (AvgIpc) is 2.44. The molecule has 0 aliphatic rings. The maximum Gasteiger partial charge on any atom is 0.330 e. The van der Waals surface area contributed by atoms with Crippen LogP contribution in [0.15, 0.2) is 0 Å². The minimum atomic E-state index is -3.00. The van der Waals surface area contributed by atoms with Gasteiger partial charge in [0.1, 0.15) is 0 Å². The van der Waals surface area contributed by atoms with Gasteiger partial charge in [0, 0.05) is 0 Å². The number of unbranched alkanes of at least 4 members (excludes halogenated alkanes) is 1. The average molecular weight is 313 g/mol. The molecule has 7 nitrogen and oxygen atoms in total. The first-order valence-corrected chi connectivity index (χ1v) is 8.70. The molecule has 122 valence electrons. The Bertz CT molecular complexity index is 267. The fraction of sp³-hybridized carbons (Fsp3) is 1.00. The lowest BCUT2D eigenvalue weighted by Gasteiger charge is -2.28. The summed E-state index contributed by atoms with van der Waals surface area (Å²) in [7, 11) is -3.00. The van der Waals surface area contributed by atoms with Gasteiger partial charge in [-0.2, -0.15) is 0 Å². The van der Waals surface area contributed by atoms with Crippen molar-refractivity contribution < 1.29 is 28.9 Å². The molecular weight excluding hydrogens is 285 g/mol. The Kier molecular flexibility index (Phi) is 10.7. The summed E-state index contributed by atoms with van der Waals surface area (Å²) in [5.74, 6) is 0.